The van der Waals surface area contributed by atoms with Crippen LogP contribution in [0.2, 0.25) is 0 Å². The fraction of sp³-hybridized carbons (Fsp3) is 0.250. The lowest BCUT2D eigenvalue weighted by molar-refractivity contribution is 0.0993. The zero-order chi connectivity index (χ0) is 15.0. The molecular weight excluding hydrogens is 282 g/mol. The molecule has 0 amide bonds. The number of rotatable bonds is 3. The summed E-state index contributed by atoms with van der Waals surface area (Å²) in [6.07, 6.45) is 0.398. The minimum absolute atomic E-state index is 0.00281. The van der Waals surface area contributed by atoms with E-state index in [0.717, 1.165) is 18.1 Å². The number of ketones is 1. The van der Waals surface area contributed by atoms with Gasteiger partial charge in [0.05, 0.1) is 10.6 Å². The molecule has 1 aliphatic rings. The number of nitrogens with zero attached hydrogens (tertiary/aromatic N) is 2. The first-order valence-corrected chi connectivity index (χ1v) is 7.64. The Bertz CT molecular complexity index is 732. The highest BCUT2D eigenvalue weighted by atomic mass is 32.1. The van der Waals surface area contributed by atoms with Gasteiger partial charge in [0, 0.05) is 19.5 Å². The summed E-state index contributed by atoms with van der Waals surface area (Å²) >= 11 is 1.34. The van der Waals surface area contributed by atoms with Crippen molar-refractivity contribution in [3.8, 4) is 6.07 Å². The molecule has 0 bridgehead atoms. The minimum atomic E-state index is -0.00281. The Balaban J connectivity index is 2.01. The molecule has 0 radical (unpaired) electrons. The van der Waals surface area contributed by atoms with E-state index in [9.17, 15) is 10.1 Å². The molecule has 0 atom stereocenters. The molecule has 0 unspecified atom stereocenters. The molecule has 0 saturated carbocycles. The number of nitriles is 1. The van der Waals surface area contributed by atoms with E-state index in [2.05, 4.69) is 23.1 Å². The molecule has 1 aromatic carbocycles. The maximum absolute atomic E-state index is 12.0. The van der Waals surface area contributed by atoms with Gasteiger partial charge in [-0.1, -0.05) is 31.2 Å². The van der Waals surface area contributed by atoms with E-state index < -0.39 is 0 Å². The van der Waals surface area contributed by atoms with Crippen LogP contribution in [-0.2, 0) is 13.1 Å². The lowest BCUT2D eigenvalue weighted by Gasteiger charge is -2.15. The van der Waals surface area contributed by atoms with E-state index in [0.29, 0.717) is 22.5 Å². The van der Waals surface area contributed by atoms with Crippen LogP contribution in [0.25, 0.3) is 0 Å². The van der Waals surface area contributed by atoms with Gasteiger partial charge in [-0.2, -0.15) is 5.26 Å². The Morgan fingerprint density at radius 3 is 2.52 bits per heavy atom. The van der Waals surface area contributed by atoms with Crippen LogP contribution in [0.3, 0.4) is 0 Å². The number of Topliss-reactive ketones (excluding diaryl/α,β-unsaturated/α-hetero) is 1. The highest BCUT2D eigenvalue weighted by Gasteiger charge is 2.27. The molecule has 2 N–H and O–H groups in total. The first kappa shape index (κ1) is 13.7. The normalized spacial score (nSPS) is 13.0. The van der Waals surface area contributed by atoms with Crippen molar-refractivity contribution in [1.29, 1.82) is 5.26 Å². The van der Waals surface area contributed by atoms with Crippen molar-refractivity contribution in [2.45, 2.75) is 26.4 Å². The molecule has 4 nitrogen and oxygen atoms in total. The average Bonchev–Trinajstić information content (AvgIpc) is 3.06. The van der Waals surface area contributed by atoms with Gasteiger partial charge in [0.25, 0.3) is 0 Å². The fourth-order valence-corrected chi connectivity index (χ4v) is 3.79. The third-order valence-corrected chi connectivity index (χ3v) is 5.05. The van der Waals surface area contributed by atoms with Crippen LogP contribution < -0.4 is 10.6 Å². The predicted octanol–water partition coefficient (Wildman–Crippen LogP) is 3.31. The van der Waals surface area contributed by atoms with Crippen molar-refractivity contribution in [3.05, 3.63) is 45.8 Å². The zero-order valence-corrected chi connectivity index (χ0v) is 12.5. The summed E-state index contributed by atoms with van der Waals surface area (Å²) in [5.74, 6) is -0.00281. The van der Waals surface area contributed by atoms with Crippen LogP contribution in [0.15, 0.2) is 24.3 Å². The maximum Gasteiger partial charge on any atom is 0.174 e. The third kappa shape index (κ3) is 2.18. The van der Waals surface area contributed by atoms with E-state index in [1.165, 1.54) is 22.5 Å². The lowest BCUT2D eigenvalue weighted by atomic mass is 10.1. The van der Waals surface area contributed by atoms with Crippen molar-refractivity contribution in [3.63, 3.8) is 0 Å². The molecule has 1 aliphatic heterocycles. The highest BCUT2D eigenvalue weighted by molar-refractivity contribution is 7.19. The molecule has 2 heterocycles. The molecule has 1 aromatic heterocycles. The van der Waals surface area contributed by atoms with Crippen molar-refractivity contribution in [2.24, 2.45) is 0 Å². The molecule has 2 aromatic rings. The van der Waals surface area contributed by atoms with Gasteiger partial charge in [0.1, 0.15) is 16.6 Å². The van der Waals surface area contributed by atoms with E-state index in [4.69, 9.17) is 5.73 Å². The quantitative estimate of drug-likeness (QED) is 0.882. The Morgan fingerprint density at radius 1 is 1.38 bits per heavy atom. The number of carbonyl (C=O) groups is 1. The van der Waals surface area contributed by atoms with Crippen LogP contribution in [0, 0.1) is 11.3 Å². The number of nitrogens with two attached hydrogens (primary N) is 1. The second-order valence-electron chi connectivity index (χ2n) is 5.04. The molecule has 0 saturated heterocycles. The van der Waals surface area contributed by atoms with Crippen LogP contribution in [0.5, 0.6) is 0 Å². The third-order valence-electron chi connectivity index (χ3n) is 3.74. The molecule has 106 valence electrons. The van der Waals surface area contributed by atoms with E-state index in [1.54, 1.807) is 6.92 Å². The van der Waals surface area contributed by atoms with Crippen molar-refractivity contribution in [1.82, 2.24) is 0 Å². The Morgan fingerprint density at radius 2 is 2.00 bits per heavy atom. The molecule has 5 heteroatoms. The van der Waals surface area contributed by atoms with E-state index in [-0.39, 0.29) is 5.78 Å². The van der Waals surface area contributed by atoms with Crippen LogP contribution in [0.4, 0.5) is 10.7 Å². The van der Waals surface area contributed by atoms with Gasteiger partial charge in [-0.25, -0.2) is 0 Å². The summed E-state index contributed by atoms with van der Waals surface area (Å²) < 4.78 is 0. The average molecular weight is 297 g/mol. The zero-order valence-electron chi connectivity index (χ0n) is 11.7. The van der Waals surface area contributed by atoms with Gasteiger partial charge in [-0.15, -0.1) is 11.3 Å². The Labute approximate surface area is 127 Å². The van der Waals surface area contributed by atoms with E-state index in [1.807, 2.05) is 12.1 Å². The molecule has 3 rings (SSSR count). The maximum atomic E-state index is 12.0. The standard InChI is InChI=1S/C16H15N3OS/c1-2-13(20)15-14(18)12(7-17)16(21-15)19-8-10-5-3-4-6-11(10)9-19/h3-6H,2,8-9,18H2,1H3. The van der Waals surface area contributed by atoms with Crippen LogP contribution in [0.1, 0.15) is 39.7 Å². The topological polar surface area (TPSA) is 70.1 Å². The number of hydrogen-bond acceptors (Lipinski definition) is 5. The molecule has 0 aliphatic carbocycles. The monoisotopic (exact) mass is 297 g/mol. The largest absolute Gasteiger partial charge is 0.396 e. The number of carbonyl (C=O) groups excluding carboxylic acids is 1. The van der Waals surface area contributed by atoms with Gasteiger partial charge in [0.2, 0.25) is 0 Å². The fourth-order valence-electron chi connectivity index (χ4n) is 2.61. The number of fused-ring (bicyclic) bond motifs is 1. The Kier molecular flexibility index (Phi) is 3.40. The van der Waals surface area contributed by atoms with Crippen molar-refractivity contribution < 1.29 is 4.79 Å². The molecular formula is C16H15N3OS. The summed E-state index contributed by atoms with van der Waals surface area (Å²) in [6.45, 7) is 3.31. The van der Waals surface area contributed by atoms with Gasteiger partial charge < -0.3 is 10.6 Å². The highest BCUT2D eigenvalue weighted by Crippen LogP contribution is 2.41. The molecule has 0 fully saturated rings. The SMILES string of the molecule is CCC(=O)c1sc(N2Cc3ccccc3C2)c(C#N)c1N. The summed E-state index contributed by atoms with van der Waals surface area (Å²) in [5, 5.41) is 10.2. The summed E-state index contributed by atoms with van der Waals surface area (Å²) in [7, 11) is 0. The van der Waals surface area contributed by atoms with Crippen LogP contribution >= 0.6 is 11.3 Å². The summed E-state index contributed by atoms with van der Waals surface area (Å²) in [4.78, 5) is 14.6. The van der Waals surface area contributed by atoms with Gasteiger partial charge in [-0.05, 0) is 11.1 Å². The number of thiophene rings is 1. The van der Waals surface area contributed by atoms with Crippen molar-refractivity contribution >= 4 is 27.8 Å². The first-order valence-electron chi connectivity index (χ1n) is 6.83. The minimum Gasteiger partial charge on any atom is -0.396 e. The first-order chi connectivity index (χ1) is 10.2. The smallest absolute Gasteiger partial charge is 0.174 e. The predicted molar refractivity (Wildman–Crippen MR) is 84.4 cm³/mol. The Hall–Kier alpha value is -2.32. The number of anilines is 2. The molecule has 0 spiro atoms. The van der Waals surface area contributed by atoms with Gasteiger partial charge >= 0.3 is 0 Å². The lowest BCUT2D eigenvalue weighted by Crippen LogP contribution is -2.14. The van der Waals surface area contributed by atoms with Crippen molar-refractivity contribution in [2.75, 3.05) is 10.6 Å². The van der Waals surface area contributed by atoms with E-state index >= 15 is 0 Å². The second kappa shape index (κ2) is 5.23. The second-order valence-corrected chi connectivity index (χ2v) is 6.04. The number of nitrogen functional groups attached to an aromatic ring is 1. The molecule has 21 heavy (non-hydrogen) atoms. The number of benzene rings is 1. The van der Waals surface area contributed by atoms with Gasteiger partial charge in [0.15, 0.2) is 5.78 Å². The summed E-state index contributed by atoms with van der Waals surface area (Å²) in [6, 6.07) is 10.4. The van der Waals surface area contributed by atoms with Crippen LogP contribution in [-0.4, -0.2) is 5.78 Å². The summed E-state index contributed by atoms with van der Waals surface area (Å²) in [5.41, 5.74) is 9.29. The van der Waals surface area contributed by atoms with Gasteiger partial charge in [-0.3, -0.25) is 4.79 Å². The number of hydrogen-bond donors (Lipinski definition) is 1.